The fourth-order valence-corrected chi connectivity index (χ4v) is 5.24. The molecule has 2 fully saturated rings. The topological polar surface area (TPSA) is 135 Å². The van der Waals surface area contributed by atoms with Crippen LogP contribution in [-0.2, 0) is 16.0 Å². The van der Waals surface area contributed by atoms with Crippen LogP contribution < -0.4 is 10.6 Å². The molecule has 1 spiro atoms. The predicted molar refractivity (Wildman–Crippen MR) is 145 cm³/mol. The van der Waals surface area contributed by atoms with E-state index < -0.39 is 11.7 Å². The van der Waals surface area contributed by atoms with Crippen molar-refractivity contribution >= 4 is 23.7 Å². The zero-order chi connectivity index (χ0) is 27.9. The average Bonchev–Trinajstić information content (AvgIpc) is 3.28. The molecule has 39 heavy (non-hydrogen) atoms. The van der Waals surface area contributed by atoms with Gasteiger partial charge in [0.15, 0.2) is 5.82 Å². The minimum Gasteiger partial charge on any atom is -0.444 e. The van der Waals surface area contributed by atoms with Crippen LogP contribution in [0.3, 0.4) is 0 Å². The Labute approximate surface area is 227 Å². The monoisotopic (exact) mass is 530 g/mol. The van der Waals surface area contributed by atoms with Gasteiger partial charge in [-0.3, -0.25) is 15.4 Å². The summed E-state index contributed by atoms with van der Waals surface area (Å²) in [5, 5.41) is 24.2. The van der Waals surface area contributed by atoms with E-state index in [1.54, 1.807) is 25.5 Å². The Morgan fingerprint density at radius 1 is 1.23 bits per heavy atom. The summed E-state index contributed by atoms with van der Waals surface area (Å²) in [6.45, 7) is 9.13. The standard InChI is InChI=1S/C29H34N6O4/c1-17(2)35-26(32-27(37)38-28(3,4)5)20(16-30)25(33-35)19-9-7-18(8-10-19)13-23(36)31-24-14-22(34-39-24)21-15-29(21)11-6-12-29/h7-10,14,17,21H,6,11-13,15H2,1-5H3,(H,31,36)(H,32,37). The largest absolute Gasteiger partial charge is 0.444 e. The predicted octanol–water partition coefficient (Wildman–Crippen LogP) is 6.18. The zero-order valence-electron chi connectivity index (χ0n) is 23.0. The minimum atomic E-state index is -0.684. The highest BCUT2D eigenvalue weighted by molar-refractivity contribution is 5.91. The van der Waals surface area contributed by atoms with Gasteiger partial charge in [0.1, 0.15) is 22.9 Å². The van der Waals surface area contributed by atoms with E-state index in [0.717, 1.165) is 11.3 Å². The molecular weight excluding hydrogens is 496 g/mol. The van der Waals surface area contributed by atoms with E-state index in [9.17, 15) is 14.9 Å². The van der Waals surface area contributed by atoms with E-state index in [0.29, 0.717) is 28.5 Å². The molecule has 0 aliphatic heterocycles. The highest BCUT2D eigenvalue weighted by Crippen LogP contribution is 2.70. The first-order valence-corrected chi connectivity index (χ1v) is 13.4. The van der Waals surface area contributed by atoms with Crippen molar-refractivity contribution in [2.75, 3.05) is 10.6 Å². The van der Waals surface area contributed by atoms with E-state index in [1.807, 2.05) is 44.2 Å². The van der Waals surface area contributed by atoms with E-state index in [2.05, 4.69) is 27.0 Å². The number of benzene rings is 1. The van der Waals surface area contributed by atoms with Crippen LogP contribution in [-0.4, -0.2) is 32.5 Å². The molecule has 2 aliphatic carbocycles. The lowest BCUT2D eigenvalue weighted by atomic mass is 9.79. The number of nitriles is 1. The van der Waals surface area contributed by atoms with Crippen molar-refractivity contribution in [1.29, 1.82) is 5.26 Å². The van der Waals surface area contributed by atoms with Gasteiger partial charge < -0.3 is 9.26 Å². The maximum atomic E-state index is 12.6. The highest BCUT2D eigenvalue weighted by atomic mass is 16.6. The summed E-state index contributed by atoms with van der Waals surface area (Å²) in [6, 6.07) is 11.2. The van der Waals surface area contributed by atoms with Crippen molar-refractivity contribution in [3.05, 3.63) is 47.2 Å². The van der Waals surface area contributed by atoms with Gasteiger partial charge in [-0.1, -0.05) is 35.8 Å². The van der Waals surface area contributed by atoms with Crippen molar-refractivity contribution < 1.29 is 18.8 Å². The Hall–Kier alpha value is -4.13. The van der Waals surface area contributed by atoms with Crippen LogP contribution in [0.2, 0.25) is 0 Å². The normalized spacial score (nSPS) is 17.4. The first-order valence-electron chi connectivity index (χ1n) is 13.4. The lowest BCUT2D eigenvalue weighted by Crippen LogP contribution is -2.28. The van der Waals surface area contributed by atoms with Crippen LogP contribution in [0.15, 0.2) is 34.9 Å². The smallest absolute Gasteiger partial charge is 0.413 e. The molecule has 1 aromatic carbocycles. The lowest BCUT2D eigenvalue weighted by molar-refractivity contribution is -0.115. The van der Waals surface area contributed by atoms with Gasteiger partial charge in [0.25, 0.3) is 0 Å². The van der Waals surface area contributed by atoms with Crippen molar-refractivity contribution in [3.8, 4) is 17.3 Å². The van der Waals surface area contributed by atoms with Gasteiger partial charge in [-0.25, -0.2) is 9.48 Å². The second-order valence-electron chi connectivity index (χ2n) is 11.9. The third kappa shape index (κ3) is 5.53. The van der Waals surface area contributed by atoms with Crippen LogP contribution >= 0.6 is 0 Å². The van der Waals surface area contributed by atoms with Crippen LogP contribution in [0.4, 0.5) is 16.5 Å². The number of ether oxygens (including phenoxy) is 1. The molecule has 1 unspecified atom stereocenters. The third-order valence-electron chi connectivity index (χ3n) is 7.41. The fraction of sp³-hybridized carbons (Fsp3) is 0.483. The molecule has 204 valence electrons. The number of hydrogen-bond acceptors (Lipinski definition) is 7. The van der Waals surface area contributed by atoms with E-state index >= 15 is 0 Å². The molecule has 10 heteroatoms. The molecule has 3 aromatic rings. The summed E-state index contributed by atoms with van der Waals surface area (Å²) in [6.07, 6.45) is 4.47. The molecule has 0 saturated heterocycles. The summed E-state index contributed by atoms with van der Waals surface area (Å²) in [7, 11) is 0. The summed E-state index contributed by atoms with van der Waals surface area (Å²) < 4.78 is 12.3. The molecule has 2 saturated carbocycles. The molecule has 2 heterocycles. The Morgan fingerprint density at radius 2 is 1.95 bits per heavy atom. The van der Waals surface area contributed by atoms with Gasteiger partial charge in [-0.2, -0.15) is 10.4 Å². The van der Waals surface area contributed by atoms with E-state index in [-0.39, 0.29) is 29.8 Å². The Morgan fingerprint density at radius 3 is 2.51 bits per heavy atom. The Balaban J connectivity index is 1.26. The van der Waals surface area contributed by atoms with Crippen LogP contribution in [0.25, 0.3) is 11.3 Å². The maximum absolute atomic E-state index is 12.6. The fourth-order valence-electron chi connectivity index (χ4n) is 5.24. The number of nitrogens with one attached hydrogen (secondary N) is 2. The number of hydrogen-bond donors (Lipinski definition) is 2. The van der Waals surface area contributed by atoms with Crippen molar-refractivity contribution in [3.63, 3.8) is 0 Å². The average molecular weight is 531 g/mol. The molecular formula is C29H34N6O4. The summed E-state index contributed by atoms with van der Waals surface area (Å²) in [4.78, 5) is 25.1. The molecule has 2 aromatic heterocycles. The van der Waals surface area contributed by atoms with Crippen molar-refractivity contribution in [1.82, 2.24) is 14.9 Å². The van der Waals surface area contributed by atoms with Crippen LogP contribution in [0, 0.1) is 16.7 Å². The second kappa shape index (κ2) is 9.88. The molecule has 2 aliphatic rings. The molecule has 0 bridgehead atoms. The summed E-state index contributed by atoms with van der Waals surface area (Å²) in [5.41, 5.74) is 2.85. The molecule has 5 rings (SSSR count). The van der Waals surface area contributed by atoms with Crippen molar-refractivity contribution in [2.45, 2.75) is 84.3 Å². The van der Waals surface area contributed by atoms with Gasteiger partial charge in [0.05, 0.1) is 12.1 Å². The molecule has 1 atom stereocenters. The molecule has 2 N–H and O–H groups in total. The third-order valence-corrected chi connectivity index (χ3v) is 7.41. The number of anilines is 2. The maximum Gasteiger partial charge on any atom is 0.413 e. The van der Waals surface area contributed by atoms with Crippen molar-refractivity contribution in [2.24, 2.45) is 5.41 Å². The number of carbonyl (C=O) groups excluding carboxylic acids is 2. The van der Waals surface area contributed by atoms with Gasteiger partial charge >= 0.3 is 6.09 Å². The van der Waals surface area contributed by atoms with E-state index in [1.165, 1.54) is 25.7 Å². The first-order chi connectivity index (χ1) is 18.5. The zero-order valence-corrected chi connectivity index (χ0v) is 23.0. The van der Waals surface area contributed by atoms with Gasteiger partial charge in [-0.05, 0) is 64.9 Å². The van der Waals surface area contributed by atoms with Crippen LogP contribution in [0.1, 0.15) is 89.1 Å². The Bertz CT molecular complexity index is 1430. The number of rotatable bonds is 7. The molecule has 0 radical (unpaired) electrons. The summed E-state index contributed by atoms with van der Waals surface area (Å²) >= 11 is 0. The second-order valence-corrected chi connectivity index (χ2v) is 11.9. The van der Waals surface area contributed by atoms with Gasteiger partial charge in [-0.15, -0.1) is 0 Å². The Kier molecular flexibility index (Phi) is 6.70. The lowest BCUT2D eigenvalue weighted by Gasteiger charge is -2.25. The van der Waals surface area contributed by atoms with Gasteiger partial charge in [0, 0.05) is 23.6 Å². The SMILES string of the molecule is CC(C)n1nc(-c2ccc(CC(=O)Nc3cc(C4CC45CCC5)no3)cc2)c(C#N)c1NC(=O)OC(C)(C)C. The number of amides is 2. The quantitative estimate of drug-likeness (QED) is 0.372. The highest BCUT2D eigenvalue weighted by Gasteiger charge is 2.59. The molecule has 10 nitrogen and oxygen atoms in total. The number of nitrogens with zero attached hydrogens (tertiary/aromatic N) is 4. The van der Waals surface area contributed by atoms with Crippen LogP contribution in [0.5, 0.6) is 0 Å². The minimum absolute atomic E-state index is 0.116. The van der Waals surface area contributed by atoms with Gasteiger partial charge in [0.2, 0.25) is 11.8 Å². The summed E-state index contributed by atoms with van der Waals surface area (Å²) in [5.74, 6) is 0.910. The number of aromatic nitrogens is 3. The molecule has 2 amide bonds. The van der Waals surface area contributed by atoms with E-state index in [4.69, 9.17) is 9.26 Å². The first kappa shape index (κ1) is 26.5. The number of carbonyl (C=O) groups is 2.